The number of likely N-dealkylation sites (N-methyl/N-ethyl adjacent to an activating group) is 1. The number of esters is 1. The lowest BCUT2D eigenvalue weighted by atomic mass is 9.60. The van der Waals surface area contributed by atoms with E-state index < -0.39 is 28.6 Å². The minimum atomic E-state index is -1.89. The lowest BCUT2D eigenvalue weighted by Gasteiger charge is -2.45. The van der Waals surface area contributed by atoms with E-state index in [0.29, 0.717) is 5.56 Å². The molecule has 1 fully saturated rings. The maximum absolute atomic E-state index is 12.8. The molecule has 0 N–H and O–H groups in total. The highest BCUT2D eigenvalue weighted by atomic mass is 16.5. The molecule has 2 aliphatic rings. The van der Waals surface area contributed by atoms with Gasteiger partial charge in [-0.25, -0.2) is 0 Å². The molecule has 124 valence electrons. The molecule has 0 spiro atoms. The molecule has 1 aromatic carbocycles. The van der Waals surface area contributed by atoms with Gasteiger partial charge >= 0.3 is 5.97 Å². The Bertz CT molecular complexity index is 769. The van der Waals surface area contributed by atoms with E-state index in [1.165, 1.54) is 24.1 Å². The number of amides is 1. The SMILES string of the molecule is CCOC(=O)[C@@]12CC(=O)C=C[C@]1(c1ccccc1)N(C)C(=O)C2=O. The number of ketones is 2. The van der Waals surface area contributed by atoms with Crippen molar-refractivity contribution >= 4 is 23.4 Å². The first kappa shape index (κ1) is 16.1. The zero-order chi connectivity index (χ0) is 17.5. The number of carbonyl (C=O) groups excluding carboxylic acids is 4. The van der Waals surface area contributed by atoms with Crippen LogP contribution in [-0.4, -0.2) is 42.0 Å². The molecule has 0 bridgehead atoms. The highest BCUT2D eigenvalue weighted by Gasteiger charge is 2.73. The third kappa shape index (κ3) is 1.76. The van der Waals surface area contributed by atoms with Crippen LogP contribution in [0.25, 0.3) is 0 Å². The topological polar surface area (TPSA) is 80.8 Å². The van der Waals surface area contributed by atoms with Crippen LogP contribution in [0.15, 0.2) is 42.5 Å². The lowest BCUT2D eigenvalue weighted by Crippen LogP contribution is -2.57. The molecule has 1 aromatic rings. The van der Waals surface area contributed by atoms with Crippen molar-refractivity contribution in [3.05, 3.63) is 48.0 Å². The molecule has 1 heterocycles. The van der Waals surface area contributed by atoms with E-state index in [0.717, 1.165) is 0 Å². The van der Waals surface area contributed by atoms with Crippen LogP contribution in [0.5, 0.6) is 0 Å². The number of hydrogen-bond acceptors (Lipinski definition) is 5. The van der Waals surface area contributed by atoms with Crippen LogP contribution in [0.1, 0.15) is 18.9 Å². The summed E-state index contributed by atoms with van der Waals surface area (Å²) in [7, 11) is 1.47. The van der Waals surface area contributed by atoms with Gasteiger partial charge in [-0.3, -0.25) is 19.2 Å². The third-order valence-electron chi connectivity index (χ3n) is 4.85. The van der Waals surface area contributed by atoms with Crippen LogP contribution in [-0.2, 0) is 29.5 Å². The van der Waals surface area contributed by atoms with Crippen LogP contribution in [0, 0.1) is 5.41 Å². The second-order valence-electron chi connectivity index (χ2n) is 5.93. The quantitative estimate of drug-likeness (QED) is 0.470. The number of benzene rings is 1. The van der Waals surface area contributed by atoms with Gasteiger partial charge in [0.25, 0.3) is 5.91 Å². The minimum Gasteiger partial charge on any atom is -0.465 e. The highest BCUT2D eigenvalue weighted by molar-refractivity contribution is 6.46. The maximum Gasteiger partial charge on any atom is 0.323 e. The van der Waals surface area contributed by atoms with Gasteiger partial charge in [0, 0.05) is 13.5 Å². The number of likely N-dealkylation sites (tertiary alicyclic amines) is 1. The summed E-state index contributed by atoms with van der Waals surface area (Å²) in [4.78, 5) is 51.5. The summed E-state index contributed by atoms with van der Waals surface area (Å²) in [5.74, 6) is -2.92. The average molecular weight is 327 g/mol. The van der Waals surface area contributed by atoms with Gasteiger partial charge in [0.05, 0.1) is 6.61 Å². The zero-order valence-electron chi connectivity index (χ0n) is 13.4. The number of ether oxygens (including phenoxy) is 1. The first-order valence-electron chi connectivity index (χ1n) is 7.69. The fourth-order valence-corrected chi connectivity index (χ4v) is 3.76. The van der Waals surface area contributed by atoms with Crippen molar-refractivity contribution in [3.8, 4) is 0 Å². The first-order valence-corrected chi connectivity index (χ1v) is 7.69. The summed E-state index contributed by atoms with van der Waals surface area (Å²) in [6.45, 7) is 1.67. The van der Waals surface area contributed by atoms with E-state index in [9.17, 15) is 19.2 Å². The molecule has 1 aliphatic carbocycles. The van der Waals surface area contributed by atoms with Crippen molar-refractivity contribution in [2.24, 2.45) is 5.41 Å². The van der Waals surface area contributed by atoms with Gasteiger partial charge < -0.3 is 9.64 Å². The molecular weight excluding hydrogens is 310 g/mol. The number of rotatable bonds is 3. The van der Waals surface area contributed by atoms with Gasteiger partial charge in [-0.05, 0) is 24.6 Å². The van der Waals surface area contributed by atoms with E-state index >= 15 is 0 Å². The fourth-order valence-electron chi connectivity index (χ4n) is 3.76. The van der Waals surface area contributed by atoms with Crippen molar-refractivity contribution in [3.63, 3.8) is 0 Å². The maximum atomic E-state index is 12.8. The second kappa shape index (κ2) is 5.40. The van der Waals surface area contributed by atoms with E-state index in [4.69, 9.17) is 4.74 Å². The average Bonchev–Trinajstić information content (AvgIpc) is 2.76. The molecule has 24 heavy (non-hydrogen) atoms. The number of allylic oxidation sites excluding steroid dienone is 1. The summed E-state index contributed by atoms with van der Waals surface area (Å²) in [5.41, 5.74) is -2.66. The standard InChI is InChI=1S/C18H17NO5/c1-3-24-16(23)17-11-13(20)9-10-18(17,12-7-5-4-6-8-12)19(2)15(22)14(17)21/h4-10H,3,11H2,1-2H3/t17-,18+/m0/s1. The van der Waals surface area contributed by atoms with Crippen LogP contribution >= 0.6 is 0 Å². The number of carbonyl (C=O) groups is 4. The molecule has 3 rings (SSSR count). The molecule has 6 nitrogen and oxygen atoms in total. The number of fused-ring (bicyclic) bond motifs is 1. The van der Waals surface area contributed by atoms with Crippen molar-refractivity contribution in [1.29, 1.82) is 0 Å². The fraction of sp³-hybridized carbons (Fsp3) is 0.333. The minimum absolute atomic E-state index is 0.0501. The smallest absolute Gasteiger partial charge is 0.323 e. The Morgan fingerprint density at radius 2 is 1.88 bits per heavy atom. The Balaban J connectivity index is 2.36. The Labute approximate surface area is 139 Å². The van der Waals surface area contributed by atoms with Gasteiger partial charge in [0.2, 0.25) is 5.78 Å². The number of hydrogen-bond donors (Lipinski definition) is 0. The van der Waals surface area contributed by atoms with Gasteiger partial charge in [-0.15, -0.1) is 0 Å². The number of nitrogens with zero attached hydrogens (tertiary/aromatic N) is 1. The molecule has 0 radical (unpaired) electrons. The van der Waals surface area contributed by atoms with Gasteiger partial charge in [-0.2, -0.15) is 0 Å². The molecule has 1 amide bonds. The van der Waals surface area contributed by atoms with Crippen molar-refractivity contribution < 1.29 is 23.9 Å². The van der Waals surface area contributed by atoms with Crippen LogP contribution in [0.2, 0.25) is 0 Å². The van der Waals surface area contributed by atoms with Gasteiger partial charge in [0.15, 0.2) is 11.2 Å². The van der Waals surface area contributed by atoms with Gasteiger partial charge in [-0.1, -0.05) is 30.3 Å². The summed E-state index contributed by atoms with van der Waals surface area (Å²) < 4.78 is 5.12. The molecule has 0 saturated carbocycles. The van der Waals surface area contributed by atoms with E-state index in [1.807, 2.05) is 0 Å². The Morgan fingerprint density at radius 1 is 1.21 bits per heavy atom. The Morgan fingerprint density at radius 3 is 2.50 bits per heavy atom. The molecule has 0 aromatic heterocycles. The van der Waals surface area contributed by atoms with Crippen LogP contribution in [0.3, 0.4) is 0 Å². The van der Waals surface area contributed by atoms with Crippen molar-refractivity contribution in [2.75, 3.05) is 13.7 Å². The summed E-state index contributed by atoms with van der Waals surface area (Å²) >= 11 is 0. The number of Topliss-reactive ketones (excluding diaryl/α,β-unsaturated/α-hetero) is 1. The zero-order valence-corrected chi connectivity index (χ0v) is 13.4. The predicted octanol–water partition coefficient (Wildman–Crippen LogP) is 1.00. The molecule has 0 unspecified atom stereocenters. The predicted molar refractivity (Wildman–Crippen MR) is 83.7 cm³/mol. The van der Waals surface area contributed by atoms with E-state index in [1.54, 1.807) is 37.3 Å². The third-order valence-corrected chi connectivity index (χ3v) is 4.85. The van der Waals surface area contributed by atoms with Crippen molar-refractivity contribution in [2.45, 2.75) is 18.9 Å². The summed E-state index contributed by atoms with van der Waals surface area (Å²) in [6.07, 6.45) is 2.42. The lowest BCUT2D eigenvalue weighted by molar-refractivity contribution is -0.166. The molecule has 2 atom stereocenters. The van der Waals surface area contributed by atoms with Crippen molar-refractivity contribution in [1.82, 2.24) is 4.90 Å². The molecular formula is C18H17NO5. The Hall–Kier alpha value is -2.76. The van der Waals surface area contributed by atoms with Crippen LogP contribution < -0.4 is 0 Å². The molecule has 1 saturated heterocycles. The highest BCUT2D eigenvalue weighted by Crippen LogP contribution is 2.56. The normalized spacial score (nSPS) is 28.9. The van der Waals surface area contributed by atoms with E-state index in [2.05, 4.69) is 0 Å². The van der Waals surface area contributed by atoms with Crippen LogP contribution in [0.4, 0.5) is 0 Å². The first-order chi connectivity index (χ1) is 11.4. The molecule has 6 heteroatoms. The monoisotopic (exact) mass is 327 g/mol. The second-order valence-corrected chi connectivity index (χ2v) is 5.93. The van der Waals surface area contributed by atoms with E-state index in [-0.39, 0.29) is 18.8 Å². The summed E-state index contributed by atoms with van der Waals surface area (Å²) in [5, 5.41) is 0. The largest absolute Gasteiger partial charge is 0.465 e. The van der Waals surface area contributed by atoms with Gasteiger partial charge in [0.1, 0.15) is 5.54 Å². The summed E-state index contributed by atoms with van der Waals surface area (Å²) in [6, 6.07) is 8.77. The Kier molecular flexibility index (Phi) is 3.63. The molecule has 1 aliphatic heterocycles.